The van der Waals surface area contributed by atoms with Gasteiger partial charge in [-0.05, 0) is 11.6 Å². The van der Waals surface area contributed by atoms with Crippen LogP contribution in [0.5, 0.6) is 0 Å². The van der Waals surface area contributed by atoms with E-state index in [0.29, 0.717) is 12.1 Å². The van der Waals surface area contributed by atoms with Crippen LogP contribution in [0.1, 0.15) is 17.1 Å². The van der Waals surface area contributed by atoms with Gasteiger partial charge in [0.2, 0.25) is 5.82 Å². The summed E-state index contributed by atoms with van der Waals surface area (Å²) in [6.45, 7) is 1.49. The van der Waals surface area contributed by atoms with Crippen molar-refractivity contribution < 1.29 is 17.7 Å². The number of fused-ring (bicyclic) bond motifs is 1. The highest BCUT2D eigenvalue weighted by molar-refractivity contribution is 5.54. The quantitative estimate of drug-likeness (QED) is 0.856. The van der Waals surface area contributed by atoms with Crippen LogP contribution in [-0.2, 0) is 19.1 Å². The number of nitrogens with zero attached hydrogens (tertiary/aromatic N) is 3. The van der Waals surface area contributed by atoms with Crippen LogP contribution in [0.15, 0.2) is 16.8 Å². The van der Waals surface area contributed by atoms with Crippen LogP contribution in [0, 0.1) is 0 Å². The Labute approximate surface area is 105 Å². The second kappa shape index (κ2) is 4.30. The van der Waals surface area contributed by atoms with Crippen LogP contribution in [0.25, 0.3) is 11.4 Å². The average Bonchev–Trinajstić information content (AvgIpc) is 2.87. The zero-order valence-electron chi connectivity index (χ0n) is 9.66. The molecule has 1 aliphatic rings. The van der Waals surface area contributed by atoms with E-state index >= 15 is 0 Å². The van der Waals surface area contributed by atoms with E-state index in [2.05, 4.69) is 25.0 Å². The zero-order chi connectivity index (χ0) is 13.5. The summed E-state index contributed by atoms with van der Waals surface area (Å²) in [5.41, 5.74) is 2.31. The normalized spacial score (nSPS) is 15.3. The molecule has 5 nitrogen and oxygen atoms in total. The number of hydrogen-bond acceptors (Lipinski definition) is 5. The van der Waals surface area contributed by atoms with Crippen molar-refractivity contribution in [2.45, 2.75) is 19.1 Å². The van der Waals surface area contributed by atoms with Crippen molar-refractivity contribution in [2.24, 2.45) is 0 Å². The van der Waals surface area contributed by atoms with Gasteiger partial charge in [0.15, 0.2) is 0 Å². The minimum absolute atomic E-state index is 0.104. The third kappa shape index (κ3) is 2.30. The molecule has 0 unspecified atom stereocenters. The lowest BCUT2D eigenvalue weighted by Crippen LogP contribution is -2.24. The summed E-state index contributed by atoms with van der Waals surface area (Å²) in [5, 5.41) is 6.50. The first-order valence-corrected chi connectivity index (χ1v) is 5.64. The number of halogens is 3. The van der Waals surface area contributed by atoms with Gasteiger partial charge in [0.25, 0.3) is 0 Å². The predicted octanol–water partition coefficient (Wildman–Crippen LogP) is 1.80. The Bertz CT molecular complexity index is 608. The molecule has 0 atom stereocenters. The number of pyridine rings is 1. The summed E-state index contributed by atoms with van der Waals surface area (Å²) in [7, 11) is 0. The first kappa shape index (κ1) is 12.1. The molecule has 0 spiro atoms. The maximum Gasteiger partial charge on any atom is 0.471 e. The molecule has 8 heteroatoms. The van der Waals surface area contributed by atoms with Crippen molar-refractivity contribution >= 4 is 0 Å². The lowest BCUT2D eigenvalue weighted by molar-refractivity contribution is -0.159. The second-order valence-electron chi connectivity index (χ2n) is 4.18. The third-order valence-electron chi connectivity index (χ3n) is 2.84. The van der Waals surface area contributed by atoms with Gasteiger partial charge >= 0.3 is 12.1 Å². The number of rotatable bonds is 1. The van der Waals surface area contributed by atoms with E-state index in [4.69, 9.17) is 0 Å². The van der Waals surface area contributed by atoms with Gasteiger partial charge in [0.05, 0.1) is 0 Å². The van der Waals surface area contributed by atoms with E-state index in [1.165, 1.54) is 6.20 Å². The van der Waals surface area contributed by atoms with Crippen LogP contribution in [0.2, 0.25) is 0 Å². The van der Waals surface area contributed by atoms with Gasteiger partial charge in [-0.25, -0.2) is 0 Å². The van der Waals surface area contributed by atoms with Crippen molar-refractivity contribution in [3.63, 3.8) is 0 Å². The molecule has 0 radical (unpaired) electrons. The minimum Gasteiger partial charge on any atom is -0.329 e. The highest BCUT2D eigenvalue weighted by atomic mass is 19.4. The first-order chi connectivity index (χ1) is 9.04. The van der Waals surface area contributed by atoms with Crippen molar-refractivity contribution in [2.75, 3.05) is 6.54 Å². The molecule has 1 N–H and O–H groups in total. The standard InChI is InChI=1S/C11H9F3N4O/c12-11(13,14)10-17-9(18-19-10)7-3-6-4-15-2-1-8(6)16-5-7/h3,5,15H,1-2,4H2. The Morgan fingerprint density at radius 3 is 2.89 bits per heavy atom. The fraction of sp³-hybridized carbons (Fsp3) is 0.364. The number of nitrogens with one attached hydrogen (secondary N) is 1. The van der Waals surface area contributed by atoms with Gasteiger partial charge in [0.1, 0.15) is 0 Å². The molecule has 1 aliphatic heterocycles. The van der Waals surface area contributed by atoms with Gasteiger partial charge in [-0.2, -0.15) is 18.2 Å². The van der Waals surface area contributed by atoms with Crippen LogP contribution < -0.4 is 5.32 Å². The largest absolute Gasteiger partial charge is 0.471 e. The molecular weight excluding hydrogens is 261 g/mol. The van der Waals surface area contributed by atoms with Gasteiger partial charge in [0, 0.05) is 37.0 Å². The molecular formula is C11H9F3N4O. The summed E-state index contributed by atoms with van der Waals surface area (Å²) in [6, 6.07) is 1.74. The van der Waals surface area contributed by atoms with Crippen molar-refractivity contribution in [1.29, 1.82) is 0 Å². The molecule has 0 saturated heterocycles. The smallest absolute Gasteiger partial charge is 0.329 e. The number of alkyl halides is 3. The van der Waals surface area contributed by atoms with Crippen LogP contribution in [-0.4, -0.2) is 21.7 Å². The van der Waals surface area contributed by atoms with E-state index in [0.717, 1.165) is 24.2 Å². The summed E-state index contributed by atoms with van der Waals surface area (Å²) in [4.78, 5) is 7.56. The maximum absolute atomic E-state index is 12.4. The molecule has 3 heterocycles. The van der Waals surface area contributed by atoms with Crippen LogP contribution >= 0.6 is 0 Å². The van der Waals surface area contributed by atoms with Gasteiger partial charge in [-0.15, -0.1) is 0 Å². The summed E-state index contributed by atoms with van der Waals surface area (Å²) in [5.74, 6) is -1.45. The van der Waals surface area contributed by atoms with E-state index in [1.807, 2.05) is 0 Å². The lowest BCUT2D eigenvalue weighted by atomic mass is 10.1. The molecule has 3 rings (SSSR count). The summed E-state index contributed by atoms with van der Waals surface area (Å²) >= 11 is 0. The second-order valence-corrected chi connectivity index (χ2v) is 4.18. The molecule has 0 bridgehead atoms. The van der Waals surface area contributed by atoms with E-state index in [1.54, 1.807) is 6.07 Å². The summed E-state index contributed by atoms with van der Waals surface area (Å²) in [6.07, 6.45) is -2.36. The molecule has 0 fully saturated rings. The number of aromatic nitrogens is 3. The van der Waals surface area contributed by atoms with Crippen LogP contribution in [0.4, 0.5) is 13.2 Å². The molecule has 0 aliphatic carbocycles. The van der Waals surface area contributed by atoms with E-state index < -0.39 is 12.1 Å². The highest BCUT2D eigenvalue weighted by Crippen LogP contribution is 2.29. The Kier molecular flexibility index (Phi) is 2.74. The predicted molar refractivity (Wildman–Crippen MR) is 57.9 cm³/mol. The first-order valence-electron chi connectivity index (χ1n) is 5.64. The van der Waals surface area contributed by atoms with Crippen molar-refractivity contribution in [3.05, 3.63) is 29.4 Å². The molecule has 100 valence electrons. The molecule has 0 saturated carbocycles. The van der Waals surface area contributed by atoms with E-state index in [-0.39, 0.29) is 5.82 Å². The minimum atomic E-state index is -4.63. The Morgan fingerprint density at radius 2 is 2.16 bits per heavy atom. The fourth-order valence-electron chi connectivity index (χ4n) is 1.92. The van der Waals surface area contributed by atoms with Gasteiger partial charge < -0.3 is 9.84 Å². The molecule has 0 aromatic carbocycles. The molecule has 0 amide bonds. The molecule has 2 aromatic heterocycles. The SMILES string of the molecule is FC(F)(F)c1nc(-c2cnc3c(c2)CNCC3)no1. The Hall–Kier alpha value is -1.96. The van der Waals surface area contributed by atoms with Crippen LogP contribution in [0.3, 0.4) is 0 Å². The highest BCUT2D eigenvalue weighted by Gasteiger charge is 2.38. The third-order valence-corrected chi connectivity index (χ3v) is 2.84. The van der Waals surface area contributed by atoms with Gasteiger partial charge in [-0.1, -0.05) is 5.16 Å². The summed E-state index contributed by atoms with van der Waals surface area (Å²) < 4.78 is 41.3. The molecule has 2 aromatic rings. The monoisotopic (exact) mass is 270 g/mol. The topological polar surface area (TPSA) is 63.8 Å². The fourth-order valence-corrected chi connectivity index (χ4v) is 1.92. The lowest BCUT2D eigenvalue weighted by Gasteiger charge is -2.15. The van der Waals surface area contributed by atoms with E-state index in [9.17, 15) is 13.2 Å². The van der Waals surface area contributed by atoms with Gasteiger partial charge in [-0.3, -0.25) is 4.98 Å². The average molecular weight is 270 g/mol. The maximum atomic E-state index is 12.4. The Balaban J connectivity index is 1.96. The van der Waals surface area contributed by atoms with Crippen molar-refractivity contribution in [3.8, 4) is 11.4 Å². The zero-order valence-corrected chi connectivity index (χ0v) is 9.66. The Morgan fingerprint density at radius 1 is 1.32 bits per heavy atom. The number of hydrogen-bond donors (Lipinski definition) is 1. The molecule has 19 heavy (non-hydrogen) atoms. The van der Waals surface area contributed by atoms with Crippen molar-refractivity contribution in [1.82, 2.24) is 20.4 Å².